The third kappa shape index (κ3) is 0.914. The van der Waals surface area contributed by atoms with Gasteiger partial charge in [0, 0.05) is 0 Å². The summed E-state index contributed by atoms with van der Waals surface area (Å²) < 4.78 is 0. The van der Waals surface area contributed by atoms with Crippen LogP contribution in [0.25, 0.3) is 11.0 Å². The molecule has 0 unspecified atom stereocenters. The number of para-hydroxylation sites is 1. The lowest BCUT2D eigenvalue weighted by Crippen LogP contribution is -2.13. The number of hydrogen-bond acceptors (Lipinski definition) is 3. The molecule has 5 heteroatoms. The van der Waals surface area contributed by atoms with E-state index in [1.165, 1.54) is 4.79 Å². The second-order valence-corrected chi connectivity index (χ2v) is 2.24. The van der Waals surface area contributed by atoms with Gasteiger partial charge >= 0.3 is 0 Å². The van der Waals surface area contributed by atoms with Gasteiger partial charge in [-0.3, -0.25) is 4.79 Å². The Morgan fingerprint density at radius 2 is 2.25 bits per heavy atom. The third-order valence-corrected chi connectivity index (χ3v) is 1.53. The Bertz CT molecular complexity index is 408. The van der Waals surface area contributed by atoms with E-state index >= 15 is 0 Å². The number of nitrogens with one attached hydrogen (secondary N) is 1. The van der Waals surface area contributed by atoms with E-state index < -0.39 is 0 Å². The lowest BCUT2D eigenvalue weighted by Gasteiger charge is -1.95. The summed E-state index contributed by atoms with van der Waals surface area (Å²) in [6.07, 6.45) is 0.557. The fraction of sp³-hybridized carbons (Fsp3) is 0. The topological polar surface area (TPSA) is 59.8 Å². The molecule has 0 radical (unpaired) electrons. The van der Waals surface area contributed by atoms with Crippen LogP contribution in [0.15, 0.2) is 24.3 Å². The quantitative estimate of drug-likeness (QED) is 0.638. The van der Waals surface area contributed by atoms with Crippen LogP contribution in [-0.4, -0.2) is 21.5 Å². The third-order valence-electron chi connectivity index (χ3n) is 1.53. The van der Waals surface area contributed by atoms with Crippen molar-refractivity contribution in [3.05, 3.63) is 24.3 Å². The van der Waals surface area contributed by atoms with E-state index in [4.69, 9.17) is 0 Å². The molecule has 0 aliphatic rings. The molecular formula is C7H6N4O. The predicted octanol–water partition coefficient (Wildman–Crippen LogP) is 0.131. The highest BCUT2D eigenvalue weighted by molar-refractivity contribution is 5.75. The molecule has 0 spiro atoms. The number of fused-ring (bicyclic) bond motifs is 1. The molecule has 0 bridgehead atoms. The Morgan fingerprint density at radius 3 is 3.08 bits per heavy atom. The largest absolute Gasteiger partial charge is 0.277 e. The number of aromatic nitrogens is 3. The SMILES string of the molecule is O=CNn1nnc2ccccc21. The van der Waals surface area contributed by atoms with Gasteiger partial charge in [-0.25, -0.2) is 5.43 Å². The molecule has 5 nitrogen and oxygen atoms in total. The fourth-order valence-corrected chi connectivity index (χ4v) is 1.01. The van der Waals surface area contributed by atoms with Crippen LogP contribution in [0.2, 0.25) is 0 Å². The summed E-state index contributed by atoms with van der Waals surface area (Å²) in [6.45, 7) is 0. The predicted molar refractivity (Wildman–Crippen MR) is 43.0 cm³/mol. The molecule has 1 amide bonds. The minimum Gasteiger partial charge on any atom is -0.277 e. The molecular weight excluding hydrogens is 156 g/mol. The van der Waals surface area contributed by atoms with E-state index in [2.05, 4.69) is 15.7 Å². The molecule has 12 heavy (non-hydrogen) atoms. The Balaban J connectivity index is 2.62. The van der Waals surface area contributed by atoms with Gasteiger partial charge in [-0.2, -0.15) is 4.79 Å². The summed E-state index contributed by atoms with van der Waals surface area (Å²) in [5.41, 5.74) is 3.93. The number of carbonyl (C=O) groups excluding carboxylic acids is 1. The average Bonchev–Trinajstić information content (AvgIpc) is 2.50. The minimum absolute atomic E-state index is 0.557. The number of benzene rings is 1. The van der Waals surface area contributed by atoms with Gasteiger partial charge in [-0.1, -0.05) is 12.1 Å². The van der Waals surface area contributed by atoms with Gasteiger partial charge in [-0.05, 0) is 17.3 Å². The molecule has 1 aromatic carbocycles. The van der Waals surface area contributed by atoms with E-state index in [9.17, 15) is 4.79 Å². The number of nitrogens with zero attached hydrogens (tertiary/aromatic N) is 3. The van der Waals surface area contributed by atoms with E-state index in [-0.39, 0.29) is 0 Å². The first-order valence-electron chi connectivity index (χ1n) is 3.42. The summed E-state index contributed by atoms with van der Waals surface area (Å²) in [5, 5.41) is 7.54. The van der Waals surface area contributed by atoms with Crippen molar-refractivity contribution in [3.63, 3.8) is 0 Å². The summed E-state index contributed by atoms with van der Waals surface area (Å²) in [4.78, 5) is 11.4. The molecule has 2 aromatic rings. The molecule has 1 aromatic heterocycles. The highest BCUT2D eigenvalue weighted by Crippen LogP contribution is 2.06. The minimum atomic E-state index is 0.557. The molecule has 1 N–H and O–H groups in total. The molecule has 60 valence electrons. The lowest BCUT2D eigenvalue weighted by molar-refractivity contribution is -0.106. The van der Waals surface area contributed by atoms with Gasteiger partial charge in [0.1, 0.15) is 11.0 Å². The van der Waals surface area contributed by atoms with Crippen LogP contribution < -0.4 is 5.43 Å². The van der Waals surface area contributed by atoms with Crippen LogP contribution in [0.5, 0.6) is 0 Å². The molecule has 0 aliphatic carbocycles. The van der Waals surface area contributed by atoms with Crippen molar-refractivity contribution < 1.29 is 4.79 Å². The van der Waals surface area contributed by atoms with Gasteiger partial charge in [0.2, 0.25) is 6.41 Å². The van der Waals surface area contributed by atoms with Gasteiger partial charge in [0.25, 0.3) is 0 Å². The highest BCUT2D eigenvalue weighted by atomic mass is 16.1. The number of amides is 1. The second kappa shape index (κ2) is 2.61. The zero-order valence-electron chi connectivity index (χ0n) is 6.14. The van der Waals surface area contributed by atoms with E-state index in [1.807, 2.05) is 24.3 Å². The van der Waals surface area contributed by atoms with Crippen LogP contribution in [0, 0.1) is 0 Å². The Morgan fingerprint density at radius 1 is 1.42 bits per heavy atom. The smallest absolute Gasteiger partial charge is 0.227 e. The first-order valence-corrected chi connectivity index (χ1v) is 3.42. The maximum absolute atomic E-state index is 10.1. The molecule has 0 atom stereocenters. The maximum atomic E-state index is 10.1. The normalized spacial score (nSPS) is 10.0. The van der Waals surface area contributed by atoms with Crippen LogP contribution in [-0.2, 0) is 4.79 Å². The van der Waals surface area contributed by atoms with Crippen LogP contribution in [0.1, 0.15) is 0 Å². The second-order valence-electron chi connectivity index (χ2n) is 2.24. The Labute approximate surface area is 68.0 Å². The van der Waals surface area contributed by atoms with Crippen LogP contribution in [0.4, 0.5) is 0 Å². The molecule has 1 heterocycles. The molecule has 2 rings (SSSR count). The van der Waals surface area contributed by atoms with Gasteiger partial charge in [-0.15, -0.1) is 5.10 Å². The Kier molecular flexibility index (Phi) is 1.48. The van der Waals surface area contributed by atoms with Gasteiger partial charge in [0.05, 0.1) is 0 Å². The van der Waals surface area contributed by atoms with Crippen molar-refractivity contribution in [2.24, 2.45) is 0 Å². The van der Waals surface area contributed by atoms with Crippen molar-refractivity contribution >= 4 is 17.4 Å². The zero-order valence-corrected chi connectivity index (χ0v) is 6.14. The summed E-state index contributed by atoms with van der Waals surface area (Å²) in [6, 6.07) is 7.37. The molecule has 0 saturated carbocycles. The van der Waals surface area contributed by atoms with Gasteiger partial charge in [0.15, 0.2) is 0 Å². The maximum Gasteiger partial charge on any atom is 0.227 e. The number of hydrogen-bond donors (Lipinski definition) is 1. The van der Waals surface area contributed by atoms with Crippen molar-refractivity contribution in [2.45, 2.75) is 0 Å². The van der Waals surface area contributed by atoms with Crippen molar-refractivity contribution in [1.29, 1.82) is 0 Å². The molecule has 0 fully saturated rings. The van der Waals surface area contributed by atoms with Crippen molar-refractivity contribution in [2.75, 3.05) is 5.43 Å². The van der Waals surface area contributed by atoms with Crippen LogP contribution >= 0.6 is 0 Å². The summed E-state index contributed by atoms with van der Waals surface area (Å²) >= 11 is 0. The van der Waals surface area contributed by atoms with E-state index in [0.717, 1.165) is 11.0 Å². The summed E-state index contributed by atoms with van der Waals surface area (Å²) in [5.74, 6) is 0. The van der Waals surface area contributed by atoms with E-state index in [0.29, 0.717) is 6.41 Å². The van der Waals surface area contributed by atoms with Gasteiger partial charge < -0.3 is 0 Å². The zero-order chi connectivity index (χ0) is 8.39. The van der Waals surface area contributed by atoms with Crippen LogP contribution in [0.3, 0.4) is 0 Å². The molecule has 0 saturated heterocycles. The summed E-state index contributed by atoms with van der Waals surface area (Å²) in [7, 11) is 0. The average molecular weight is 162 g/mol. The van der Waals surface area contributed by atoms with Crippen molar-refractivity contribution in [1.82, 2.24) is 15.1 Å². The number of rotatable bonds is 2. The Hall–Kier alpha value is -1.91. The highest BCUT2D eigenvalue weighted by Gasteiger charge is 2.00. The fourth-order valence-electron chi connectivity index (χ4n) is 1.01. The number of carbonyl (C=O) groups is 1. The lowest BCUT2D eigenvalue weighted by atomic mass is 10.3. The monoisotopic (exact) mass is 162 g/mol. The van der Waals surface area contributed by atoms with E-state index in [1.54, 1.807) is 0 Å². The first kappa shape index (κ1) is 6.78. The first-order chi connectivity index (χ1) is 5.92. The standard InChI is InChI=1S/C7H6N4O/c12-5-8-11-7-4-2-1-3-6(7)9-10-11/h1-5H,(H,8,12). The molecule has 0 aliphatic heterocycles. The van der Waals surface area contributed by atoms with Crippen molar-refractivity contribution in [3.8, 4) is 0 Å².